The predicted octanol–water partition coefficient (Wildman–Crippen LogP) is 4.13. The summed E-state index contributed by atoms with van der Waals surface area (Å²) in [5.74, 6) is -0.0462. The van der Waals surface area contributed by atoms with Crippen molar-refractivity contribution >= 4 is 45.3 Å². The van der Waals surface area contributed by atoms with Gasteiger partial charge >= 0.3 is 0 Å². The van der Waals surface area contributed by atoms with Gasteiger partial charge in [0.2, 0.25) is 0 Å². The zero-order valence-corrected chi connectivity index (χ0v) is 12.0. The van der Waals surface area contributed by atoms with Gasteiger partial charge in [-0.1, -0.05) is 23.2 Å². The van der Waals surface area contributed by atoms with E-state index in [0.717, 1.165) is 10.7 Å². The smallest absolute Gasteiger partial charge is 0.193 e. The lowest BCUT2D eigenvalue weighted by Crippen LogP contribution is -2.03. The zero-order valence-electron chi connectivity index (χ0n) is 9.64. The van der Waals surface area contributed by atoms with Crippen molar-refractivity contribution < 1.29 is 4.79 Å². The third-order valence-electron chi connectivity index (χ3n) is 2.67. The molecule has 0 atom stereocenters. The van der Waals surface area contributed by atoms with Crippen LogP contribution in [0, 0.1) is 0 Å². The van der Waals surface area contributed by atoms with Gasteiger partial charge in [-0.15, -0.1) is 11.3 Å². The molecule has 3 nitrogen and oxygen atoms in total. The van der Waals surface area contributed by atoms with E-state index in [1.165, 1.54) is 11.3 Å². The molecule has 0 fully saturated rings. The van der Waals surface area contributed by atoms with E-state index in [-0.39, 0.29) is 12.2 Å². The number of carbonyl (C=O) groups excluding carboxylic acids is 1. The van der Waals surface area contributed by atoms with Crippen LogP contribution in [-0.2, 0) is 6.42 Å². The standard InChI is InChI=1S/C13H8Cl2N2OS/c14-9-3-8(4-10(15)5-9)12(18)6-11-7-17-1-2-19-13(17)16-11/h1-5,7H,6H2. The lowest BCUT2D eigenvalue weighted by atomic mass is 10.1. The minimum atomic E-state index is -0.0462. The fraction of sp³-hybridized carbons (Fsp3) is 0.0769. The molecule has 0 unspecified atom stereocenters. The van der Waals surface area contributed by atoms with E-state index in [4.69, 9.17) is 23.2 Å². The zero-order chi connectivity index (χ0) is 13.4. The Labute approximate surface area is 123 Å². The monoisotopic (exact) mass is 310 g/mol. The Morgan fingerprint density at radius 1 is 1.26 bits per heavy atom. The van der Waals surface area contributed by atoms with Crippen LogP contribution >= 0.6 is 34.5 Å². The molecule has 0 aliphatic carbocycles. The summed E-state index contributed by atoms with van der Waals surface area (Å²) in [4.78, 5) is 17.4. The molecular formula is C13H8Cl2N2OS. The van der Waals surface area contributed by atoms with E-state index >= 15 is 0 Å². The highest BCUT2D eigenvalue weighted by Gasteiger charge is 2.12. The van der Waals surface area contributed by atoms with Gasteiger partial charge in [-0.05, 0) is 18.2 Å². The van der Waals surface area contributed by atoms with Gasteiger partial charge < -0.3 is 0 Å². The molecule has 0 aliphatic heterocycles. The number of hydrogen-bond acceptors (Lipinski definition) is 3. The maximum atomic E-state index is 12.2. The highest BCUT2D eigenvalue weighted by Crippen LogP contribution is 2.20. The number of fused-ring (bicyclic) bond motifs is 1. The molecule has 1 aromatic carbocycles. The van der Waals surface area contributed by atoms with Gasteiger partial charge in [-0.3, -0.25) is 9.20 Å². The molecule has 2 aromatic heterocycles. The van der Waals surface area contributed by atoms with Crippen molar-refractivity contribution in [2.24, 2.45) is 0 Å². The van der Waals surface area contributed by atoms with E-state index in [1.54, 1.807) is 18.2 Å². The average molecular weight is 311 g/mol. The van der Waals surface area contributed by atoms with E-state index < -0.39 is 0 Å². The summed E-state index contributed by atoms with van der Waals surface area (Å²) in [7, 11) is 0. The number of aromatic nitrogens is 2. The molecule has 0 N–H and O–H groups in total. The summed E-state index contributed by atoms with van der Waals surface area (Å²) in [6.07, 6.45) is 4.01. The van der Waals surface area contributed by atoms with Gasteiger partial charge in [-0.25, -0.2) is 4.98 Å². The van der Waals surface area contributed by atoms with Gasteiger partial charge in [0.1, 0.15) is 0 Å². The third-order valence-corrected chi connectivity index (χ3v) is 3.88. The molecule has 96 valence electrons. The fourth-order valence-electron chi connectivity index (χ4n) is 1.84. The van der Waals surface area contributed by atoms with Crippen molar-refractivity contribution in [2.45, 2.75) is 6.42 Å². The Hall–Kier alpha value is -1.36. The summed E-state index contributed by atoms with van der Waals surface area (Å²) in [5, 5.41) is 2.87. The first kappa shape index (κ1) is 12.7. The van der Waals surface area contributed by atoms with Crippen molar-refractivity contribution in [1.82, 2.24) is 9.38 Å². The van der Waals surface area contributed by atoms with Gasteiger partial charge in [0.15, 0.2) is 10.7 Å². The summed E-state index contributed by atoms with van der Waals surface area (Å²) in [5.41, 5.74) is 1.25. The number of benzene rings is 1. The van der Waals surface area contributed by atoms with Gasteiger partial charge in [0.25, 0.3) is 0 Å². The molecule has 0 aliphatic rings. The Balaban J connectivity index is 1.86. The number of hydrogen-bond donors (Lipinski definition) is 0. The van der Waals surface area contributed by atoms with Gasteiger partial charge in [-0.2, -0.15) is 0 Å². The molecule has 0 bridgehead atoms. The third kappa shape index (κ3) is 2.66. The van der Waals surface area contributed by atoms with Crippen LogP contribution in [0.4, 0.5) is 0 Å². The minimum absolute atomic E-state index is 0.0462. The largest absolute Gasteiger partial charge is 0.297 e. The molecule has 0 saturated carbocycles. The maximum Gasteiger partial charge on any atom is 0.193 e. The number of thiazole rings is 1. The highest BCUT2D eigenvalue weighted by molar-refractivity contribution is 7.15. The number of carbonyl (C=O) groups is 1. The lowest BCUT2D eigenvalue weighted by Gasteiger charge is -2.01. The number of imidazole rings is 1. The second kappa shape index (κ2) is 4.96. The first-order valence-corrected chi connectivity index (χ1v) is 7.16. The predicted molar refractivity (Wildman–Crippen MR) is 77.6 cm³/mol. The Kier molecular flexibility index (Phi) is 3.31. The molecule has 6 heteroatoms. The Morgan fingerprint density at radius 2 is 2.00 bits per heavy atom. The van der Waals surface area contributed by atoms with Crippen molar-refractivity contribution in [3.8, 4) is 0 Å². The van der Waals surface area contributed by atoms with Crippen LogP contribution in [0.25, 0.3) is 4.96 Å². The van der Waals surface area contributed by atoms with Crippen molar-refractivity contribution in [2.75, 3.05) is 0 Å². The number of Topliss-reactive ketones (excluding diaryl/α,β-unsaturated/α-hetero) is 1. The molecule has 0 spiro atoms. The van der Waals surface area contributed by atoms with Crippen molar-refractivity contribution in [1.29, 1.82) is 0 Å². The van der Waals surface area contributed by atoms with E-state index in [2.05, 4.69) is 4.98 Å². The second-order valence-corrected chi connectivity index (χ2v) is 5.83. The van der Waals surface area contributed by atoms with Crippen LogP contribution in [0.15, 0.2) is 36.0 Å². The summed E-state index contributed by atoms with van der Waals surface area (Å²) in [6, 6.07) is 4.84. The van der Waals surface area contributed by atoms with E-state index in [9.17, 15) is 4.79 Å². The Morgan fingerprint density at radius 3 is 2.68 bits per heavy atom. The molecule has 3 rings (SSSR count). The van der Waals surface area contributed by atoms with Crippen LogP contribution in [0.1, 0.15) is 16.1 Å². The number of halogens is 2. The first-order valence-electron chi connectivity index (χ1n) is 5.52. The topological polar surface area (TPSA) is 34.4 Å². The fourth-order valence-corrected chi connectivity index (χ4v) is 3.09. The molecule has 2 heterocycles. The molecule has 0 radical (unpaired) electrons. The number of nitrogens with zero attached hydrogens (tertiary/aromatic N) is 2. The van der Waals surface area contributed by atoms with Crippen molar-refractivity contribution in [3.63, 3.8) is 0 Å². The summed E-state index contributed by atoms with van der Waals surface area (Å²) in [6.45, 7) is 0. The first-order chi connectivity index (χ1) is 9.11. The number of ketones is 1. The van der Waals surface area contributed by atoms with Gasteiger partial charge in [0.05, 0.1) is 12.1 Å². The van der Waals surface area contributed by atoms with Crippen LogP contribution in [-0.4, -0.2) is 15.2 Å². The minimum Gasteiger partial charge on any atom is -0.297 e. The van der Waals surface area contributed by atoms with Crippen LogP contribution in [0.5, 0.6) is 0 Å². The molecule has 0 amide bonds. The molecule has 3 aromatic rings. The molecular weight excluding hydrogens is 303 g/mol. The second-order valence-electron chi connectivity index (χ2n) is 4.08. The normalized spacial score (nSPS) is 11.1. The molecule has 19 heavy (non-hydrogen) atoms. The Bertz CT molecular complexity index is 714. The van der Waals surface area contributed by atoms with Crippen LogP contribution in [0.2, 0.25) is 10.0 Å². The average Bonchev–Trinajstić information content (AvgIpc) is 2.88. The highest BCUT2D eigenvalue weighted by atomic mass is 35.5. The summed E-state index contributed by atoms with van der Waals surface area (Å²) >= 11 is 13.3. The van der Waals surface area contributed by atoms with E-state index in [1.807, 2.05) is 22.2 Å². The van der Waals surface area contributed by atoms with Gasteiger partial charge in [0, 0.05) is 33.4 Å². The quantitative estimate of drug-likeness (QED) is 0.682. The number of rotatable bonds is 3. The van der Waals surface area contributed by atoms with Crippen LogP contribution < -0.4 is 0 Å². The van der Waals surface area contributed by atoms with Crippen LogP contribution in [0.3, 0.4) is 0 Å². The molecule has 0 saturated heterocycles. The maximum absolute atomic E-state index is 12.2. The van der Waals surface area contributed by atoms with E-state index in [0.29, 0.717) is 15.6 Å². The summed E-state index contributed by atoms with van der Waals surface area (Å²) < 4.78 is 1.90. The van der Waals surface area contributed by atoms with Crippen molar-refractivity contribution in [3.05, 3.63) is 57.3 Å². The SMILES string of the molecule is O=C(Cc1cn2ccsc2n1)c1cc(Cl)cc(Cl)c1. The lowest BCUT2D eigenvalue weighted by molar-refractivity contribution is 0.0992.